The van der Waals surface area contributed by atoms with Crippen LogP contribution in [0.4, 0.5) is 0 Å². The average molecular weight is 617 g/mol. The molecule has 0 radical (unpaired) electrons. The Labute approximate surface area is 263 Å². The molecule has 0 aliphatic heterocycles. The van der Waals surface area contributed by atoms with Gasteiger partial charge < -0.3 is 24.8 Å². The number of aliphatic hydroxyl groups excluding tert-OH is 1. The third-order valence-electron chi connectivity index (χ3n) is 11.5. The SMILES string of the molecule is CCCCCCCCCCCCCC(=O)O[C@@H]1[C@@H](C)[C@@]2(O)[C@@H](C=C(CO)C[C@@]3(O)C(=O)C(C)=C[C@@H]23)[C@@H]2C(C)(C)[C@@]12OC(C)=O. The number of Topliss-reactive ketones (excluding diaryl/α,β-unsaturated/α-hetero) is 1. The lowest BCUT2D eigenvalue weighted by Gasteiger charge is -2.53. The minimum atomic E-state index is -1.93. The van der Waals surface area contributed by atoms with Gasteiger partial charge in [0.25, 0.3) is 0 Å². The number of aliphatic hydroxyl groups is 3. The highest BCUT2D eigenvalue weighted by Gasteiger charge is 2.87. The van der Waals surface area contributed by atoms with Gasteiger partial charge in [-0.2, -0.15) is 0 Å². The van der Waals surface area contributed by atoms with E-state index in [2.05, 4.69) is 6.92 Å². The molecule has 4 rings (SSSR count). The van der Waals surface area contributed by atoms with Gasteiger partial charge in [-0.05, 0) is 24.5 Å². The maximum Gasteiger partial charge on any atom is 0.306 e. The van der Waals surface area contributed by atoms with E-state index >= 15 is 0 Å². The van der Waals surface area contributed by atoms with Gasteiger partial charge in [-0.1, -0.05) is 104 Å². The molecule has 4 aliphatic carbocycles. The highest BCUT2D eigenvalue weighted by atomic mass is 16.6. The van der Waals surface area contributed by atoms with E-state index in [-0.39, 0.29) is 19.4 Å². The lowest BCUT2D eigenvalue weighted by molar-refractivity contribution is -0.228. The first kappa shape index (κ1) is 34.8. The zero-order valence-electron chi connectivity index (χ0n) is 27.8. The molecule has 0 spiro atoms. The molecule has 0 aromatic heterocycles. The number of carbonyl (C=O) groups excluding carboxylic acids is 3. The van der Waals surface area contributed by atoms with E-state index in [1.54, 1.807) is 26.0 Å². The highest BCUT2D eigenvalue weighted by molar-refractivity contribution is 6.04. The van der Waals surface area contributed by atoms with Crippen LogP contribution in [0.1, 0.15) is 125 Å². The van der Waals surface area contributed by atoms with Crippen molar-refractivity contribution in [1.82, 2.24) is 0 Å². The molecule has 0 amide bonds. The van der Waals surface area contributed by atoms with Gasteiger partial charge in [0.2, 0.25) is 0 Å². The van der Waals surface area contributed by atoms with Crippen molar-refractivity contribution in [3.8, 4) is 0 Å². The van der Waals surface area contributed by atoms with Gasteiger partial charge in [0.05, 0.1) is 12.2 Å². The molecule has 8 atom stereocenters. The average Bonchev–Trinajstić information content (AvgIpc) is 3.38. The van der Waals surface area contributed by atoms with Crippen LogP contribution in [0.3, 0.4) is 0 Å². The van der Waals surface area contributed by atoms with Gasteiger partial charge in [0, 0.05) is 48.9 Å². The Balaban J connectivity index is 1.51. The van der Waals surface area contributed by atoms with E-state index in [9.17, 15) is 29.7 Å². The topological polar surface area (TPSA) is 130 Å². The van der Waals surface area contributed by atoms with Crippen molar-refractivity contribution in [1.29, 1.82) is 0 Å². The van der Waals surface area contributed by atoms with Gasteiger partial charge in [0.1, 0.15) is 11.7 Å². The highest BCUT2D eigenvalue weighted by Crippen LogP contribution is 2.77. The van der Waals surface area contributed by atoms with Crippen LogP contribution in [0.5, 0.6) is 0 Å². The van der Waals surface area contributed by atoms with E-state index in [1.807, 2.05) is 13.8 Å². The number of fused-ring (bicyclic) bond motifs is 5. The number of unbranched alkanes of at least 4 members (excludes halogenated alkanes) is 10. The van der Waals surface area contributed by atoms with Crippen LogP contribution < -0.4 is 0 Å². The molecular weight excluding hydrogens is 560 g/mol. The van der Waals surface area contributed by atoms with Crippen molar-refractivity contribution in [3.63, 3.8) is 0 Å². The van der Waals surface area contributed by atoms with E-state index in [0.29, 0.717) is 17.6 Å². The van der Waals surface area contributed by atoms with Gasteiger partial charge in [-0.3, -0.25) is 14.4 Å². The lowest BCUT2D eigenvalue weighted by atomic mass is 9.59. The van der Waals surface area contributed by atoms with Crippen LogP contribution in [0.25, 0.3) is 0 Å². The third kappa shape index (κ3) is 5.84. The van der Waals surface area contributed by atoms with Crippen LogP contribution in [0.15, 0.2) is 23.3 Å². The minimum Gasteiger partial charge on any atom is -0.458 e. The first-order valence-corrected chi connectivity index (χ1v) is 17.1. The predicted molar refractivity (Wildman–Crippen MR) is 167 cm³/mol. The van der Waals surface area contributed by atoms with E-state index in [0.717, 1.165) is 19.3 Å². The second kappa shape index (κ2) is 13.4. The number of esters is 2. The number of ketones is 1. The molecule has 8 nitrogen and oxygen atoms in total. The smallest absolute Gasteiger partial charge is 0.306 e. The van der Waals surface area contributed by atoms with Gasteiger partial charge in [0.15, 0.2) is 11.4 Å². The van der Waals surface area contributed by atoms with Gasteiger partial charge >= 0.3 is 11.9 Å². The predicted octanol–water partition coefficient (Wildman–Crippen LogP) is 5.75. The lowest BCUT2D eigenvalue weighted by Crippen LogP contribution is -2.66. The number of rotatable bonds is 15. The molecule has 0 unspecified atom stereocenters. The zero-order valence-corrected chi connectivity index (χ0v) is 27.8. The molecule has 0 aromatic carbocycles. The summed E-state index contributed by atoms with van der Waals surface area (Å²) in [6, 6.07) is 0. The fourth-order valence-corrected chi connectivity index (χ4v) is 9.20. The second-order valence-corrected chi connectivity index (χ2v) is 14.7. The number of carbonyl (C=O) groups is 3. The Morgan fingerprint density at radius 3 is 2.07 bits per heavy atom. The summed E-state index contributed by atoms with van der Waals surface area (Å²) in [5.41, 5.74) is -4.71. The van der Waals surface area contributed by atoms with Crippen LogP contribution >= 0.6 is 0 Å². The second-order valence-electron chi connectivity index (χ2n) is 14.7. The molecule has 4 aliphatic rings. The van der Waals surface area contributed by atoms with Crippen LogP contribution in [0, 0.1) is 29.1 Å². The van der Waals surface area contributed by atoms with E-state index in [4.69, 9.17) is 9.47 Å². The molecule has 248 valence electrons. The summed E-state index contributed by atoms with van der Waals surface area (Å²) in [7, 11) is 0. The van der Waals surface area contributed by atoms with E-state index in [1.165, 1.54) is 51.9 Å². The fraction of sp³-hybridized carbons (Fsp3) is 0.806. The molecule has 8 heteroatoms. The molecule has 0 heterocycles. The normalized spacial score (nSPS) is 36.8. The van der Waals surface area contributed by atoms with Crippen LogP contribution in [-0.4, -0.2) is 62.6 Å². The summed E-state index contributed by atoms with van der Waals surface area (Å²) in [6.07, 6.45) is 15.4. The molecule has 0 bridgehead atoms. The monoisotopic (exact) mass is 616 g/mol. The molecular formula is C36H56O8. The van der Waals surface area contributed by atoms with Crippen molar-refractivity contribution >= 4 is 17.7 Å². The molecule has 44 heavy (non-hydrogen) atoms. The summed E-state index contributed by atoms with van der Waals surface area (Å²) < 4.78 is 12.3. The summed E-state index contributed by atoms with van der Waals surface area (Å²) in [6.45, 7) is 10.4. The molecule has 3 N–H and O–H groups in total. The fourth-order valence-electron chi connectivity index (χ4n) is 9.20. The summed E-state index contributed by atoms with van der Waals surface area (Å²) in [4.78, 5) is 39.1. The first-order valence-electron chi connectivity index (χ1n) is 17.1. The van der Waals surface area contributed by atoms with Crippen molar-refractivity contribution in [3.05, 3.63) is 23.3 Å². The molecule has 0 aromatic rings. The molecule has 2 fully saturated rings. The largest absolute Gasteiger partial charge is 0.458 e. The number of hydrogen-bond acceptors (Lipinski definition) is 8. The van der Waals surface area contributed by atoms with Gasteiger partial charge in [-0.15, -0.1) is 0 Å². The first-order chi connectivity index (χ1) is 20.7. The number of hydrogen-bond donors (Lipinski definition) is 3. The third-order valence-corrected chi connectivity index (χ3v) is 11.5. The summed E-state index contributed by atoms with van der Waals surface area (Å²) in [5.74, 6) is -4.29. The van der Waals surface area contributed by atoms with Crippen molar-refractivity contribution in [2.24, 2.45) is 29.1 Å². The Hall–Kier alpha value is -2.03. The van der Waals surface area contributed by atoms with Gasteiger partial charge in [-0.25, -0.2) is 0 Å². The summed E-state index contributed by atoms with van der Waals surface area (Å²) >= 11 is 0. The zero-order chi connectivity index (χ0) is 32.5. The van der Waals surface area contributed by atoms with Crippen LogP contribution in [0.2, 0.25) is 0 Å². The molecule has 2 saturated carbocycles. The maximum atomic E-state index is 13.3. The van der Waals surface area contributed by atoms with Crippen molar-refractivity contribution in [2.45, 2.75) is 148 Å². The Bertz CT molecular complexity index is 1150. The Morgan fingerprint density at radius 2 is 1.52 bits per heavy atom. The summed E-state index contributed by atoms with van der Waals surface area (Å²) in [5, 5.41) is 34.8. The number of ether oxygens (including phenoxy) is 2. The maximum absolute atomic E-state index is 13.3. The molecule has 0 saturated heterocycles. The Kier molecular flexibility index (Phi) is 10.6. The Morgan fingerprint density at radius 1 is 0.955 bits per heavy atom. The van der Waals surface area contributed by atoms with E-state index < -0.39 is 69.7 Å². The van der Waals surface area contributed by atoms with Crippen LogP contribution in [-0.2, 0) is 23.9 Å². The van der Waals surface area contributed by atoms with Crippen molar-refractivity contribution < 1.29 is 39.2 Å². The standard InChI is InChI=1S/C36H56O8/c1-7-8-9-10-11-12-13-14-15-16-17-18-29(39)43-32-24(3)35(42)27(30-33(5,6)36(30,32)44-25(4)38)20-26(22-37)21-34(41)28(35)19-23(2)31(34)40/h19-20,24,27-28,30,32,37,41-42H,7-18,21-22H2,1-6H3/t24-,27+,28-,30-,32-,34+,35-,36+/m1/s1. The van der Waals surface area contributed by atoms with Crippen molar-refractivity contribution in [2.75, 3.05) is 6.61 Å². The minimum absolute atomic E-state index is 0.108. The quantitative estimate of drug-likeness (QED) is 0.120.